The highest BCUT2D eigenvalue weighted by atomic mass is 16.5. The van der Waals surface area contributed by atoms with Crippen molar-refractivity contribution in [1.82, 2.24) is 9.55 Å². The van der Waals surface area contributed by atoms with Crippen LogP contribution in [-0.2, 0) is 0 Å². The maximum absolute atomic E-state index is 5.67. The van der Waals surface area contributed by atoms with Crippen LogP contribution in [0.1, 0.15) is 6.92 Å². The lowest BCUT2D eigenvalue weighted by Gasteiger charge is -2.10. The smallest absolute Gasteiger partial charge is 0.143 e. The molecular formula is C13H14N2O. The first-order chi connectivity index (χ1) is 7.92. The molecule has 0 spiro atoms. The zero-order valence-electron chi connectivity index (χ0n) is 9.21. The number of aromatic nitrogens is 2. The molecule has 0 aliphatic rings. The molecule has 0 fully saturated rings. The van der Waals surface area contributed by atoms with Crippen LogP contribution in [0.25, 0.3) is 5.69 Å². The third-order valence-electron chi connectivity index (χ3n) is 2.22. The third kappa shape index (κ3) is 2.31. The van der Waals surface area contributed by atoms with E-state index in [0.29, 0.717) is 6.61 Å². The summed E-state index contributed by atoms with van der Waals surface area (Å²) in [5.74, 6) is 0.860. The Hall–Kier alpha value is -2.03. The van der Waals surface area contributed by atoms with Crippen molar-refractivity contribution >= 4 is 0 Å². The fraction of sp³-hybridized carbons (Fsp3) is 0.154. The van der Waals surface area contributed by atoms with Crippen LogP contribution in [0.4, 0.5) is 0 Å². The number of nitrogens with zero attached hydrogens (tertiary/aromatic N) is 2. The Bertz CT molecular complexity index is 461. The minimum absolute atomic E-state index is 0.586. The maximum atomic E-state index is 5.67. The third-order valence-corrected chi connectivity index (χ3v) is 2.22. The molecule has 0 amide bonds. The van der Waals surface area contributed by atoms with Gasteiger partial charge in [0.25, 0.3) is 0 Å². The summed E-state index contributed by atoms with van der Waals surface area (Å²) >= 11 is 0. The second kappa shape index (κ2) is 5.16. The number of allylic oxidation sites excluding steroid dienone is 1. The Morgan fingerprint density at radius 2 is 2.25 bits per heavy atom. The fourth-order valence-corrected chi connectivity index (χ4v) is 1.43. The van der Waals surface area contributed by atoms with E-state index in [4.69, 9.17) is 4.74 Å². The minimum atomic E-state index is 0.586. The van der Waals surface area contributed by atoms with Gasteiger partial charge in [-0.2, -0.15) is 0 Å². The molecule has 0 radical (unpaired) electrons. The van der Waals surface area contributed by atoms with Crippen LogP contribution in [-0.4, -0.2) is 16.2 Å². The Morgan fingerprint density at radius 3 is 3.00 bits per heavy atom. The first-order valence-electron chi connectivity index (χ1n) is 5.23. The van der Waals surface area contributed by atoms with Gasteiger partial charge in [-0.25, -0.2) is 4.98 Å². The maximum Gasteiger partial charge on any atom is 0.143 e. The normalized spacial score (nSPS) is 10.8. The van der Waals surface area contributed by atoms with Gasteiger partial charge in [0, 0.05) is 12.4 Å². The molecule has 0 atom stereocenters. The molecule has 0 bridgehead atoms. The van der Waals surface area contributed by atoms with Crippen molar-refractivity contribution in [2.75, 3.05) is 6.61 Å². The molecule has 2 aromatic rings. The first-order valence-corrected chi connectivity index (χ1v) is 5.23. The van der Waals surface area contributed by atoms with Crippen LogP contribution in [0.5, 0.6) is 5.75 Å². The average Bonchev–Trinajstić information content (AvgIpc) is 2.83. The van der Waals surface area contributed by atoms with Crippen LogP contribution in [0.3, 0.4) is 0 Å². The van der Waals surface area contributed by atoms with E-state index in [1.165, 1.54) is 0 Å². The predicted molar refractivity (Wildman–Crippen MR) is 63.9 cm³/mol. The molecule has 0 unspecified atom stereocenters. The largest absolute Gasteiger partial charge is 0.487 e. The van der Waals surface area contributed by atoms with Gasteiger partial charge in [0.05, 0.1) is 12.0 Å². The zero-order valence-corrected chi connectivity index (χ0v) is 9.21. The van der Waals surface area contributed by atoms with E-state index in [1.807, 2.05) is 54.1 Å². The molecule has 1 heterocycles. The molecule has 0 aliphatic carbocycles. The van der Waals surface area contributed by atoms with E-state index < -0.39 is 0 Å². The fourth-order valence-electron chi connectivity index (χ4n) is 1.43. The van der Waals surface area contributed by atoms with Gasteiger partial charge in [-0.05, 0) is 19.1 Å². The van der Waals surface area contributed by atoms with Crippen molar-refractivity contribution in [1.29, 1.82) is 0 Å². The van der Waals surface area contributed by atoms with Crippen LogP contribution < -0.4 is 4.74 Å². The molecular weight excluding hydrogens is 200 g/mol. The first kappa shape index (κ1) is 10.5. The second-order valence-electron chi connectivity index (χ2n) is 3.32. The van der Waals surface area contributed by atoms with Gasteiger partial charge in [0.15, 0.2) is 0 Å². The SMILES string of the molecule is CC=CCOc1ccccc1-n1ccnc1. The quantitative estimate of drug-likeness (QED) is 0.732. The highest BCUT2D eigenvalue weighted by molar-refractivity contribution is 5.46. The topological polar surface area (TPSA) is 27.1 Å². The van der Waals surface area contributed by atoms with Gasteiger partial charge in [0.1, 0.15) is 12.4 Å². The van der Waals surface area contributed by atoms with Crippen molar-refractivity contribution in [3.05, 3.63) is 55.1 Å². The monoisotopic (exact) mass is 214 g/mol. The molecule has 0 N–H and O–H groups in total. The highest BCUT2D eigenvalue weighted by Gasteiger charge is 2.03. The number of ether oxygens (including phenoxy) is 1. The molecule has 0 aliphatic heterocycles. The summed E-state index contributed by atoms with van der Waals surface area (Å²) in [7, 11) is 0. The minimum Gasteiger partial charge on any atom is -0.487 e. The number of imidazole rings is 1. The summed E-state index contributed by atoms with van der Waals surface area (Å²) in [5, 5.41) is 0. The average molecular weight is 214 g/mol. The van der Waals surface area contributed by atoms with Crippen LogP contribution in [0.15, 0.2) is 55.1 Å². The van der Waals surface area contributed by atoms with Crippen LogP contribution >= 0.6 is 0 Å². The summed E-state index contributed by atoms with van der Waals surface area (Å²) < 4.78 is 7.60. The number of hydrogen-bond acceptors (Lipinski definition) is 2. The lowest BCUT2D eigenvalue weighted by molar-refractivity contribution is 0.361. The molecule has 0 saturated heterocycles. The van der Waals surface area contributed by atoms with E-state index in [0.717, 1.165) is 11.4 Å². The zero-order chi connectivity index (χ0) is 11.2. The summed E-state index contributed by atoms with van der Waals surface area (Å²) in [6.07, 6.45) is 9.36. The highest BCUT2D eigenvalue weighted by Crippen LogP contribution is 2.21. The molecule has 16 heavy (non-hydrogen) atoms. The summed E-state index contributed by atoms with van der Waals surface area (Å²) in [5.41, 5.74) is 1.00. The lowest BCUT2D eigenvalue weighted by Crippen LogP contribution is -1.99. The van der Waals surface area contributed by atoms with E-state index >= 15 is 0 Å². The van der Waals surface area contributed by atoms with Crippen LogP contribution in [0.2, 0.25) is 0 Å². The molecule has 1 aromatic heterocycles. The van der Waals surface area contributed by atoms with Gasteiger partial charge < -0.3 is 9.30 Å². The van der Waals surface area contributed by atoms with Gasteiger partial charge in [-0.3, -0.25) is 0 Å². The second-order valence-corrected chi connectivity index (χ2v) is 3.32. The standard InChI is InChI=1S/C13H14N2O/c1-2-3-10-16-13-7-5-4-6-12(13)15-9-8-14-11-15/h2-9,11H,10H2,1H3. The van der Waals surface area contributed by atoms with Gasteiger partial charge in [-0.1, -0.05) is 24.3 Å². The van der Waals surface area contributed by atoms with Crippen molar-refractivity contribution in [2.45, 2.75) is 6.92 Å². The van der Waals surface area contributed by atoms with Gasteiger partial charge in [0.2, 0.25) is 0 Å². The van der Waals surface area contributed by atoms with Crippen molar-refractivity contribution in [3.8, 4) is 11.4 Å². The number of para-hydroxylation sites is 2. The Labute approximate surface area is 95.0 Å². The van der Waals surface area contributed by atoms with E-state index in [-0.39, 0.29) is 0 Å². The Morgan fingerprint density at radius 1 is 1.38 bits per heavy atom. The Balaban J connectivity index is 2.24. The summed E-state index contributed by atoms with van der Waals surface area (Å²) in [6.45, 7) is 2.56. The Kier molecular flexibility index (Phi) is 3.38. The molecule has 0 saturated carbocycles. The lowest BCUT2D eigenvalue weighted by atomic mass is 10.3. The molecule has 3 nitrogen and oxygen atoms in total. The number of rotatable bonds is 4. The number of benzene rings is 1. The van der Waals surface area contributed by atoms with Gasteiger partial charge in [-0.15, -0.1) is 0 Å². The van der Waals surface area contributed by atoms with E-state index in [1.54, 1.807) is 12.5 Å². The molecule has 82 valence electrons. The van der Waals surface area contributed by atoms with Crippen LogP contribution in [0, 0.1) is 0 Å². The van der Waals surface area contributed by atoms with Crippen molar-refractivity contribution < 1.29 is 4.74 Å². The predicted octanol–water partition coefficient (Wildman–Crippen LogP) is 2.83. The number of hydrogen-bond donors (Lipinski definition) is 0. The van der Waals surface area contributed by atoms with Gasteiger partial charge >= 0.3 is 0 Å². The van der Waals surface area contributed by atoms with E-state index in [2.05, 4.69) is 4.98 Å². The summed E-state index contributed by atoms with van der Waals surface area (Å²) in [4.78, 5) is 4.03. The molecule has 3 heteroatoms. The van der Waals surface area contributed by atoms with Crippen molar-refractivity contribution in [2.24, 2.45) is 0 Å². The molecule has 1 aromatic carbocycles. The summed E-state index contributed by atoms with van der Waals surface area (Å²) in [6, 6.07) is 7.91. The van der Waals surface area contributed by atoms with Crippen molar-refractivity contribution in [3.63, 3.8) is 0 Å². The molecule has 2 rings (SSSR count). The van der Waals surface area contributed by atoms with E-state index in [9.17, 15) is 0 Å².